The predicted octanol–water partition coefficient (Wildman–Crippen LogP) is 1.55. The molecule has 1 atom stereocenters. The Bertz CT molecular complexity index is 558. The van der Waals surface area contributed by atoms with Gasteiger partial charge in [0.15, 0.2) is 0 Å². The van der Waals surface area contributed by atoms with E-state index in [1.54, 1.807) is 6.20 Å². The van der Waals surface area contributed by atoms with Crippen molar-refractivity contribution < 1.29 is 5.11 Å². The van der Waals surface area contributed by atoms with Crippen LogP contribution in [0.3, 0.4) is 0 Å². The molecule has 0 bridgehead atoms. The summed E-state index contributed by atoms with van der Waals surface area (Å²) >= 11 is 0. The standard InChI is InChI=1S/C16H23N3O/c1-13-4-3-5-14(10-13)16(11-17,12-20)7-6-15-18-8-9-19(15)2/h3-5,8-10,20H,6-7,11-12,17H2,1-2H3. The summed E-state index contributed by atoms with van der Waals surface area (Å²) in [6, 6.07) is 8.24. The van der Waals surface area contributed by atoms with Crippen molar-refractivity contribution in [3.05, 3.63) is 53.6 Å². The second kappa shape index (κ2) is 6.20. The molecule has 0 spiro atoms. The first-order valence-electron chi connectivity index (χ1n) is 6.95. The van der Waals surface area contributed by atoms with Crippen LogP contribution in [-0.2, 0) is 18.9 Å². The molecule has 1 heterocycles. The maximum atomic E-state index is 9.91. The summed E-state index contributed by atoms with van der Waals surface area (Å²) in [5.41, 5.74) is 7.89. The lowest BCUT2D eigenvalue weighted by Gasteiger charge is -2.31. The van der Waals surface area contributed by atoms with Crippen molar-refractivity contribution >= 4 is 0 Å². The van der Waals surface area contributed by atoms with Crippen LogP contribution in [0.1, 0.15) is 23.4 Å². The summed E-state index contributed by atoms with van der Waals surface area (Å²) in [6.45, 7) is 2.54. The molecule has 0 radical (unpaired) electrons. The third-order valence-corrected chi connectivity index (χ3v) is 4.07. The van der Waals surface area contributed by atoms with Gasteiger partial charge >= 0.3 is 0 Å². The lowest BCUT2D eigenvalue weighted by molar-refractivity contribution is 0.187. The fourth-order valence-electron chi connectivity index (χ4n) is 2.56. The lowest BCUT2D eigenvalue weighted by Crippen LogP contribution is -2.39. The van der Waals surface area contributed by atoms with Gasteiger partial charge in [0.1, 0.15) is 5.82 Å². The molecule has 108 valence electrons. The molecule has 0 saturated heterocycles. The van der Waals surface area contributed by atoms with Gasteiger partial charge in [0.2, 0.25) is 0 Å². The zero-order chi connectivity index (χ0) is 14.6. The maximum Gasteiger partial charge on any atom is 0.108 e. The number of aryl methyl sites for hydroxylation is 3. The molecule has 4 heteroatoms. The molecular weight excluding hydrogens is 250 g/mol. The molecule has 0 fully saturated rings. The highest BCUT2D eigenvalue weighted by Crippen LogP contribution is 2.28. The van der Waals surface area contributed by atoms with Crippen molar-refractivity contribution in [3.8, 4) is 0 Å². The van der Waals surface area contributed by atoms with E-state index in [-0.39, 0.29) is 6.61 Å². The Hall–Kier alpha value is -1.65. The van der Waals surface area contributed by atoms with Crippen LogP contribution < -0.4 is 5.73 Å². The fourth-order valence-corrected chi connectivity index (χ4v) is 2.56. The van der Waals surface area contributed by atoms with Gasteiger partial charge < -0.3 is 15.4 Å². The van der Waals surface area contributed by atoms with E-state index in [1.807, 2.05) is 23.9 Å². The summed E-state index contributed by atoms with van der Waals surface area (Å²) in [5.74, 6) is 1.02. The third-order valence-electron chi connectivity index (χ3n) is 4.07. The molecule has 1 aromatic heterocycles. The van der Waals surface area contributed by atoms with Gasteiger partial charge in [-0.3, -0.25) is 0 Å². The molecule has 2 rings (SSSR count). The molecule has 0 amide bonds. The third kappa shape index (κ3) is 2.92. The number of hydrogen-bond donors (Lipinski definition) is 2. The number of nitrogens with zero attached hydrogens (tertiary/aromatic N) is 2. The Morgan fingerprint density at radius 1 is 1.40 bits per heavy atom. The van der Waals surface area contributed by atoms with Gasteiger partial charge in [0, 0.05) is 37.8 Å². The molecular formula is C16H23N3O. The topological polar surface area (TPSA) is 64.1 Å². The van der Waals surface area contributed by atoms with Crippen molar-refractivity contribution in [1.29, 1.82) is 0 Å². The van der Waals surface area contributed by atoms with Crippen LogP contribution in [-0.4, -0.2) is 27.8 Å². The summed E-state index contributed by atoms with van der Waals surface area (Å²) in [6.07, 6.45) is 5.32. The minimum Gasteiger partial charge on any atom is -0.395 e. The number of aliphatic hydroxyl groups excluding tert-OH is 1. The van der Waals surface area contributed by atoms with Crippen LogP contribution in [0.5, 0.6) is 0 Å². The first-order chi connectivity index (χ1) is 9.61. The van der Waals surface area contributed by atoms with Gasteiger partial charge in [0.25, 0.3) is 0 Å². The van der Waals surface area contributed by atoms with Crippen LogP contribution in [0.15, 0.2) is 36.7 Å². The number of nitrogens with two attached hydrogens (primary N) is 1. The molecule has 0 aliphatic rings. The van der Waals surface area contributed by atoms with E-state index >= 15 is 0 Å². The second-order valence-electron chi connectivity index (χ2n) is 5.47. The lowest BCUT2D eigenvalue weighted by atomic mass is 9.77. The van der Waals surface area contributed by atoms with Gasteiger partial charge in [-0.25, -0.2) is 4.98 Å². The number of aliphatic hydroxyl groups is 1. The molecule has 2 aromatic rings. The van der Waals surface area contributed by atoms with Gasteiger partial charge in [0.05, 0.1) is 6.61 Å². The van der Waals surface area contributed by atoms with E-state index in [9.17, 15) is 5.11 Å². The predicted molar refractivity (Wildman–Crippen MR) is 80.5 cm³/mol. The van der Waals surface area contributed by atoms with Crippen LogP contribution in [0.4, 0.5) is 0 Å². The minimum absolute atomic E-state index is 0.0530. The molecule has 0 aliphatic carbocycles. The van der Waals surface area contributed by atoms with Crippen molar-refractivity contribution in [2.24, 2.45) is 12.8 Å². The van der Waals surface area contributed by atoms with E-state index in [4.69, 9.17) is 5.73 Å². The fraction of sp³-hybridized carbons (Fsp3) is 0.438. The summed E-state index contributed by atoms with van der Waals surface area (Å²) in [7, 11) is 1.98. The SMILES string of the molecule is Cc1cccc(C(CN)(CO)CCc2nccn2C)c1. The van der Waals surface area contributed by atoms with E-state index < -0.39 is 5.41 Å². The van der Waals surface area contributed by atoms with E-state index in [0.717, 1.165) is 24.2 Å². The number of benzene rings is 1. The van der Waals surface area contributed by atoms with E-state index in [0.29, 0.717) is 6.54 Å². The van der Waals surface area contributed by atoms with Gasteiger partial charge in [-0.05, 0) is 18.9 Å². The minimum atomic E-state index is -0.391. The average Bonchev–Trinajstić information content (AvgIpc) is 2.86. The van der Waals surface area contributed by atoms with Gasteiger partial charge in [-0.1, -0.05) is 29.8 Å². The largest absolute Gasteiger partial charge is 0.395 e. The van der Waals surface area contributed by atoms with E-state index in [2.05, 4.69) is 30.1 Å². The second-order valence-corrected chi connectivity index (χ2v) is 5.47. The Labute approximate surface area is 120 Å². The monoisotopic (exact) mass is 273 g/mol. The molecule has 3 N–H and O–H groups in total. The molecule has 0 saturated carbocycles. The van der Waals surface area contributed by atoms with Crippen LogP contribution >= 0.6 is 0 Å². The Morgan fingerprint density at radius 2 is 2.20 bits per heavy atom. The van der Waals surface area contributed by atoms with Crippen LogP contribution in [0.2, 0.25) is 0 Å². The van der Waals surface area contributed by atoms with Gasteiger partial charge in [-0.2, -0.15) is 0 Å². The smallest absolute Gasteiger partial charge is 0.108 e. The Morgan fingerprint density at radius 3 is 2.75 bits per heavy atom. The molecule has 1 unspecified atom stereocenters. The normalized spacial score (nSPS) is 14.2. The Balaban J connectivity index is 2.23. The number of rotatable bonds is 6. The van der Waals surface area contributed by atoms with E-state index in [1.165, 1.54) is 5.56 Å². The summed E-state index contributed by atoms with van der Waals surface area (Å²) in [5, 5.41) is 9.91. The molecule has 0 aliphatic heterocycles. The summed E-state index contributed by atoms with van der Waals surface area (Å²) in [4.78, 5) is 4.34. The average molecular weight is 273 g/mol. The molecule has 4 nitrogen and oxygen atoms in total. The maximum absolute atomic E-state index is 9.91. The zero-order valence-electron chi connectivity index (χ0n) is 12.2. The first-order valence-corrected chi connectivity index (χ1v) is 6.95. The number of hydrogen-bond acceptors (Lipinski definition) is 3. The van der Waals surface area contributed by atoms with Crippen molar-refractivity contribution in [2.45, 2.75) is 25.2 Å². The molecule has 1 aromatic carbocycles. The quantitative estimate of drug-likeness (QED) is 0.839. The highest BCUT2D eigenvalue weighted by Gasteiger charge is 2.30. The number of imidazole rings is 1. The first kappa shape index (κ1) is 14.8. The number of aromatic nitrogens is 2. The van der Waals surface area contributed by atoms with Crippen molar-refractivity contribution in [2.75, 3.05) is 13.2 Å². The highest BCUT2D eigenvalue weighted by molar-refractivity contribution is 5.30. The summed E-state index contributed by atoms with van der Waals surface area (Å²) < 4.78 is 2.01. The van der Waals surface area contributed by atoms with Crippen molar-refractivity contribution in [3.63, 3.8) is 0 Å². The van der Waals surface area contributed by atoms with Gasteiger partial charge in [-0.15, -0.1) is 0 Å². The zero-order valence-corrected chi connectivity index (χ0v) is 12.2. The van der Waals surface area contributed by atoms with Crippen LogP contribution in [0, 0.1) is 6.92 Å². The van der Waals surface area contributed by atoms with Crippen LogP contribution in [0.25, 0.3) is 0 Å². The Kier molecular flexibility index (Phi) is 4.57. The van der Waals surface area contributed by atoms with Crippen molar-refractivity contribution in [1.82, 2.24) is 9.55 Å². The molecule has 20 heavy (non-hydrogen) atoms. The highest BCUT2D eigenvalue weighted by atomic mass is 16.3.